The normalized spacial score (nSPS) is 18.1. The number of alkyl halides is 1. The van der Waals surface area contributed by atoms with E-state index < -0.39 is 5.91 Å². The number of halogens is 2. The van der Waals surface area contributed by atoms with Crippen molar-refractivity contribution >= 4 is 44.9 Å². The number of rotatable bonds is 2. The smallest absolute Gasteiger partial charge is 0.239 e. The van der Waals surface area contributed by atoms with Crippen molar-refractivity contribution in [2.24, 2.45) is 5.92 Å². The molecular formula is C13H13BrClNO3. The van der Waals surface area contributed by atoms with E-state index in [0.29, 0.717) is 10.0 Å². The number of phenolic OH excluding ortho intramolecular Hbond substituents is 1. The molecule has 1 aromatic rings. The van der Waals surface area contributed by atoms with E-state index in [2.05, 4.69) is 21.2 Å². The second kappa shape index (κ2) is 5.51. The lowest BCUT2D eigenvalue weighted by Gasteiger charge is -2.23. The summed E-state index contributed by atoms with van der Waals surface area (Å²) in [5.74, 6) is -0.720. The van der Waals surface area contributed by atoms with Crippen molar-refractivity contribution in [1.82, 2.24) is 0 Å². The summed E-state index contributed by atoms with van der Waals surface area (Å²) in [4.78, 5) is 23.5. The van der Waals surface area contributed by atoms with Crippen molar-refractivity contribution in [2.45, 2.75) is 19.8 Å². The Morgan fingerprint density at radius 3 is 2.95 bits per heavy atom. The van der Waals surface area contributed by atoms with Crippen molar-refractivity contribution < 1.29 is 14.7 Å². The molecule has 1 aromatic carbocycles. The molecule has 1 atom stereocenters. The third-order valence-electron chi connectivity index (χ3n) is 3.28. The number of amides is 1. The summed E-state index contributed by atoms with van der Waals surface area (Å²) < 4.78 is 0.468. The van der Waals surface area contributed by atoms with E-state index in [1.165, 1.54) is 6.07 Å². The first-order valence-electron chi connectivity index (χ1n) is 5.90. The number of aromatic hydroxyl groups is 1. The molecule has 2 rings (SSSR count). The van der Waals surface area contributed by atoms with E-state index in [9.17, 15) is 14.7 Å². The number of fused-ring (bicyclic) bond motifs is 1. The molecule has 102 valence electrons. The molecule has 4 nitrogen and oxygen atoms in total. The fourth-order valence-electron chi connectivity index (χ4n) is 2.18. The maximum atomic E-state index is 12.1. The van der Waals surface area contributed by atoms with Crippen LogP contribution in [0, 0.1) is 5.92 Å². The number of hydrogen-bond acceptors (Lipinski definition) is 3. The first-order valence-corrected chi connectivity index (χ1v) is 7.22. The predicted octanol–water partition coefficient (Wildman–Crippen LogP) is 3.10. The van der Waals surface area contributed by atoms with Crippen LogP contribution in [0.4, 0.5) is 5.69 Å². The third-order valence-corrected chi connectivity index (χ3v) is 4.37. The lowest BCUT2D eigenvalue weighted by molar-refractivity contribution is -0.113. The van der Waals surface area contributed by atoms with Gasteiger partial charge in [0.1, 0.15) is 5.88 Å². The molecule has 1 unspecified atom stereocenters. The van der Waals surface area contributed by atoms with E-state index in [4.69, 9.17) is 11.6 Å². The van der Waals surface area contributed by atoms with Gasteiger partial charge in [-0.1, -0.05) is 6.92 Å². The Hall–Kier alpha value is -1.07. The molecule has 0 aromatic heterocycles. The van der Waals surface area contributed by atoms with Gasteiger partial charge >= 0.3 is 0 Å². The van der Waals surface area contributed by atoms with Crippen molar-refractivity contribution in [3.05, 3.63) is 21.7 Å². The van der Waals surface area contributed by atoms with Gasteiger partial charge in [0.15, 0.2) is 11.5 Å². The first-order chi connectivity index (χ1) is 8.95. The molecule has 19 heavy (non-hydrogen) atoms. The van der Waals surface area contributed by atoms with E-state index in [0.717, 1.165) is 18.4 Å². The van der Waals surface area contributed by atoms with Crippen molar-refractivity contribution in [3.8, 4) is 5.75 Å². The average Bonchev–Trinajstić information content (AvgIpc) is 2.40. The molecule has 0 fully saturated rings. The van der Waals surface area contributed by atoms with Crippen LogP contribution in [-0.4, -0.2) is 22.7 Å². The van der Waals surface area contributed by atoms with E-state index >= 15 is 0 Å². The van der Waals surface area contributed by atoms with Gasteiger partial charge in [-0.05, 0) is 40.4 Å². The topological polar surface area (TPSA) is 66.4 Å². The maximum absolute atomic E-state index is 12.1. The highest BCUT2D eigenvalue weighted by atomic mass is 79.9. The van der Waals surface area contributed by atoms with Gasteiger partial charge in [0.2, 0.25) is 5.91 Å². The number of ketones is 1. The minimum Gasteiger partial charge on any atom is -0.505 e. The van der Waals surface area contributed by atoms with Gasteiger partial charge < -0.3 is 10.4 Å². The number of carbonyl (C=O) groups is 2. The Balaban J connectivity index is 2.51. The second-order valence-electron chi connectivity index (χ2n) is 4.60. The fraction of sp³-hybridized carbons (Fsp3) is 0.385. The minimum absolute atomic E-state index is 0.0309. The van der Waals surface area contributed by atoms with Crippen molar-refractivity contribution in [2.75, 3.05) is 11.2 Å². The van der Waals surface area contributed by atoms with Crippen LogP contribution in [0.25, 0.3) is 0 Å². The average molecular weight is 347 g/mol. The van der Waals surface area contributed by atoms with Gasteiger partial charge in [0.05, 0.1) is 10.2 Å². The number of carbonyl (C=O) groups excluding carboxylic acids is 2. The molecule has 0 saturated heterocycles. The van der Waals surface area contributed by atoms with Gasteiger partial charge in [0.25, 0.3) is 0 Å². The predicted molar refractivity (Wildman–Crippen MR) is 77.0 cm³/mol. The van der Waals surface area contributed by atoms with Crippen LogP contribution >= 0.6 is 27.5 Å². The fourth-order valence-corrected chi connectivity index (χ4v) is 2.87. The van der Waals surface area contributed by atoms with Crippen LogP contribution in [0.15, 0.2) is 10.5 Å². The Labute approximate surface area is 124 Å². The third kappa shape index (κ3) is 2.62. The van der Waals surface area contributed by atoms with Gasteiger partial charge in [-0.25, -0.2) is 0 Å². The first kappa shape index (κ1) is 14.3. The Kier molecular flexibility index (Phi) is 4.16. The van der Waals surface area contributed by atoms with E-state index in [-0.39, 0.29) is 29.0 Å². The molecule has 1 aliphatic carbocycles. The Morgan fingerprint density at radius 1 is 1.63 bits per heavy atom. The number of phenols is 1. The summed E-state index contributed by atoms with van der Waals surface area (Å²) in [6.07, 6.45) is 1.48. The summed E-state index contributed by atoms with van der Waals surface area (Å²) >= 11 is 8.71. The molecule has 0 spiro atoms. The summed E-state index contributed by atoms with van der Waals surface area (Å²) in [5, 5.41) is 12.5. The molecule has 0 aliphatic heterocycles. The van der Waals surface area contributed by atoms with E-state index in [1.54, 1.807) is 0 Å². The SMILES string of the molecule is CC1CCc2c(cc(NC(=O)CCl)c(O)c2Br)C1=O. The maximum Gasteiger partial charge on any atom is 0.239 e. The molecular weight excluding hydrogens is 334 g/mol. The van der Waals surface area contributed by atoms with Gasteiger partial charge in [-0.15, -0.1) is 11.6 Å². The van der Waals surface area contributed by atoms with Crippen LogP contribution in [0.1, 0.15) is 29.3 Å². The monoisotopic (exact) mass is 345 g/mol. The van der Waals surface area contributed by atoms with Crippen LogP contribution in [0.3, 0.4) is 0 Å². The molecule has 0 radical (unpaired) electrons. The quantitative estimate of drug-likeness (QED) is 0.639. The number of anilines is 1. The molecule has 6 heteroatoms. The van der Waals surface area contributed by atoms with Crippen LogP contribution in [0.2, 0.25) is 0 Å². The molecule has 0 saturated carbocycles. The van der Waals surface area contributed by atoms with Gasteiger partial charge in [0, 0.05) is 11.5 Å². The zero-order chi connectivity index (χ0) is 14.2. The summed E-state index contributed by atoms with van der Waals surface area (Å²) in [5.41, 5.74) is 1.55. The minimum atomic E-state index is -0.430. The highest BCUT2D eigenvalue weighted by Gasteiger charge is 2.28. The number of nitrogens with one attached hydrogen (secondary N) is 1. The van der Waals surface area contributed by atoms with Gasteiger partial charge in [-0.2, -0.15) is 0 Å². The van der Waals surface area contributed by atoms with Crippen molar-refractivity contribution in [1.29, 1.82) is 0 Å². The zero-order valence-electron chi connectivity index (χ0n) is 10.3. The number of benzene rings is 1. The lowest BCUT2D eigenvalue weighted by atomic mass is 9.83. The van der Waals surface area contributed by atoms with Crippen LogP contribution < -0.4 is 5.32 Å². The second-order valence-corrected chi connectivity index (χ2v) is 5.66. The Morgan fingerprint density at radius 2 is 2.32 bits per heavy atom. The van der Waals surface area contributed by atoms with Gasteiger partial charge in [-0.3, -0.25) is 9.59 Å². The van der Waals surface area contributed by atoms with Crippen LogP contribution in [0.5, 0.6) is 5.75 Å². The largest absolute Gasteiger partial charge is 0.505 e. The highest BCUT2D eigenvalue weighted by molar-refractivity contribution is 9.10. The van der Waals surface area contributed by atoms with Crippen LogP contribution in [-0.2, 0) is 11.2 Å². The van der Waals surface area contributed by atoms with E-state index in [1.807, 2.05) is 6.92 Å². The molecule has 1 aliphatic rings. The summed E-state index contributed by atoms with van der Waals surface area (Å²) in [7, 11) is 0. The van der Waals surface area contributed by atoms with Crippen molar-refractivity contribution in [3.63, 3.8) is 0 Å². The molecule has 0 heterocycles. The highest BCUT2D eigenvalue weighted by Crippen LogP contribution is 2.41. The zero-order valence-corrected chi connectivity index (χ0v) is 12.6. The molecule has 2 N–H and O–H groups in total. The molecule has 0 bridgehead atoms. The standard InChI is InChI=1S/C13H13BrClNO3/c1-6-2-3-7-8(12(6)18)4-9(13(19)11(7)14)16-10(17)5-15/h4,6,19H,2-3,5H2,1H3,(H,16,17). The molecule has 1 amide bonds. The summed E-state index contributed by atoms with van der Waals surface area (Å²) in [6.45, 7) is 1.88. The Bertz CT molecular complexity index is 559. The number of hydrogen-bond donors (Lipinski definition) is 2. The lowest BCUT2D eigenvalue weighted by Crippen LogP contribution is -2.21. The number of Topliss-reactive ketones (excluding diaryl/α,β-unsaturated/α-hetero) is 1. The summed E-state index contributed by atoms with van der Waals surface area (Å²) in [6, 6.07) is 1.53.